The Kier molecular flexibility index (Phi) is 3.32. The summed E-state index contributed by atoms with van der Waals surface area (Å²) in [7, 11) is 0. The van der Waals surface area contributed by atoms with E-state index in [9.17, 15) is 4.79 Å². The molecule has 0 spiro atoms. The van der Waals surface area contributed by atoms with Gasteiger partial charge in [-0.25, -0.2) is 0 Å². The Morgan fingerprint density at radius 2 is 1.68 bits per heavy atom. The van der Waals surface area contributed by atoms with Crippen LogP contribution in [0.1, 0.15) is 28.8 Å². The normalized spacial score (nSPS) is 14.1. The van der Waals surface area contributed by atoms with Crippen molar-refractivity contribution in [3.63, 3.8) is 0 Å². The summed E-state index contributed by atoms with van der Waals surface area (Å²) in [4.78, 5) is 11.9. The molecular weight excluding hydrogens is 236 g/mol. The molecule has 0 aliphatic heterocycles. The van der Waals surface area contributed by atoms with Gasteiger partial charge in [0.25, 0.3) is 0 Å². The number of ketones is 1. The Bertz CT molecular complexity index is 554. The molecule has 0 radical (unpaired) electrons. The highest BCUT2D eigenvalue weighted by Crippen LogP contribution is 2.32. The predicted octanol–water partition coefficient (Wildman–Crippen LogP) is 3.86. The molecule has 3 rings (SSSR count). The van der Waals surface area contributed by atoms with Crippen LogP contribution in [0, 0.1) is 5.92 Å². The molecule has 0 saturated heterocycles. The second-order valence-corrected chi connectivity index (χ2v) is 4.94. The highest BCUT2D eigenvalue weighted by molar-refractivity contribution is 5.99. The first kappa shape index (κ1) is 12.0. The number of ether oxygens (including phenoxy) is 1. The molecule has 0 heterocycles. The van der Waals surface area contributed by atoms with Crippen LogP contribution in [0.25, 0.3) is 0 Å². The summed E-state index contributed by atoms with van der Waals surface area (Å²) in [5.41, 5.74) is 1.94. The van der Waals surface area contributed by atoms with Crippen molar-refractivity contribution in [2.24, 2.45) is 5.92 Å². The third-order valence-corrected chi connectivity index (χ3v) is 3.34. The van der Waals surface area contributed by atoms with E-state index in [1.807, 2.05) is 54.6 Å². The summed E-state index contributed by atoms with van der Waals surface area (Å²) in [6.07, 6.45) is 2.09. The summed E-state index contributed by atoms with van der Waals surface area (Å²) in [5.74, 6) is 1.35. The smallest absolute Gasteiger partial charge is 0.165 e. The van der Waals surface area contributed by atoms with Crippen LogP contribution in [-0.2, 0) is 6.61 Å². The van der Waals surface area contributed by atoms with Gasteiger partial charge in [-0.1, -0.05) is 30.3 Å². The average molecular weight is 252 g/mol. The Labute approximate surface area is 113 Å². The minimum absolute atomic E-state index is 0.273. The van der Waals surface area contributed by atoms with Crippen LogP contribution < -0.4 is 4.74 Å². The molecular formula is C17H16O2. The van der Waals surface area contributed by atoms with Gasteiger partial charge in [0.15, 0.2) is 5.78 Å². The highest BCUT2D eigenvalue weighted by atomic mass is 16.5. The van der Waals surface area contributed by atoms with Crippen LogP contribution in [0.3, 0.4) is 0 Å². The molecule has 1 aliphatic rings. The molecule has 0 aromatic heterocycles. The lowest BCUT2D eigenvalue weighted by molar-refractivity contribution is 0.0967. The first-order chi connectivity index (χ1) is 9.33. The van der Waals surface area contributed by atoms with E-state index in [0.717, 1.165) is 29.7 Å². The van der Waals surface area contributed by atoms with Crippen LogP contribution in [0.15, 0.2) is 54.6 Å². The first-order valence-electron chi connectivity index (χ1n) is 6.64. The fourth-order valence-corrected chi connectivity index (χ4v) is 2.04. The summed E-state index contributed by atoms with van der Waals surface area (Å²) < 4.78 is 5.69. The maximum Gasteiger partial charge on any atom is 0.165 e. The third-order valence-electron chi connectivity index (χ3n) is 3.34. The van der Waals surface area contributed by atoms with Crippen LogP contribution in [0.5, 0.6) is 5.75 Å². The van der Waals surface area contributed by atoms with Gasteiger partial charge in [0.1, 0.15) is 12.4 Å². The van der Waals surface area contributed by atoms with Gasteiger partial charge >= 0.3 is 0 Å². The van der Waals surface area contributed by atoms with Crippen LogP contribution in [-0.4, -0.2) is 5.78 Å². The number of hydrogen-bond acceptors (Lipinski definition) is 2. The Morgan fingerprint density at radius 3 is 2.32 bits per heavy atom. The van der Waals surface area contributed by atoms with Gasteiger partial charge in [-0.3, -0.25) is 4.79 Å². The second kappa shape index (κ2) is 5.27. The first-order valence-corrected chi connectivity index (χ1v) is 6.64. The van der Waals surface area contributed by atoms with E-state index in [1.54, 1.807) is 0 Å². The van der Waals surface area contributed by atoms with Gasteiger partial charge in [-0.2, -0.15) is 0 Å². The highest BCUT2D eigenvalue weighted by Gasteiger charge is 2.30. The molecule has 1 fully saturated rings. The predicted molar refractivity (Wildman–Crippen MR) is 74.3 cm³/mol. The van der Waals surface area contributed by atoms with E-state index in [4.69, 9.17) is 4.74 Å². The van der Waals surface area contributed by atoms with Crippen LogP contribution >= 0.6 is 0 Å². The third kappa shape index (κ3) is 3.02. The minimum Gasteiger partial charge on any atom is -0.489 e. The zero-order valence-electron chi connectivity index (χ0n) is 10.7. The molecule has 0 unspecified atom stereocenters. The van der Waals surface area contributed by atoms with Gasteiger partial charge in [0.2, 0.25) is 0 Å². The molecule has 0 N–H and O–H groups in total. The number of Topliss-reactive ketones (excluding diaryl/α,β-unsaturated/α-hetero) is 1. The van der Waals surface area contributed by atoms with E-state index >= 15 is 0 Å². The lowest BCUT2D eigenvalue weighted by Crippen LogP contribution is -2.01. The number of benzene rings is 2. The molecule has 0 bridgehead atoms. The van der Waals surface area contributed by atoms with E-state index in [2.05, 4.69) is 0 Å². The fourth-order valence-electron chi connectivity index (χ4n) is 2.04. The molecule has 2 heteroatoms. The van der Waals surface area contributed by atoms with Gasteiger partial charge < -0.3 is 4.74 Å². The van der Waals surface area contributed by atoms with Crippen molar-refractivity contribution in [3.8, 4) is 5.75 Å². The van der Waals surface area contributed by atoms with Crippen LogP contribution in [0.2, 0.25) is 0 Å². The maximum atomic E-state index is 11.9. The quantitative estimate of drug-likeness (QED) is 0.755. The molecule has 2 nitrogen and oxygen atoms in total. The van der Waals surface area contributed by atoms with Crippen molar-refractivity contribution in [2.75, 3.05) is 0 Å². The molecule has 19 heavy (non-hydrogen) atoms. The molecule has 1 aliphatic carbocycles. The summed E-state index contributed by atoms with van der Waals surface area (Å²) in [6.45, 7) is 0.552. The number of rotatable bonds is 5. The molecule has 2 aromatic rings. The Morgan fingerprint density at radius 1 is 1.00 bits per heavy atom. The Hall–Kier alpha value is -2.09. The number of hydrogen-bond donors (Lipinski definition) is 0. The minimum atomic E-state index is 0.273. The fraction of sp³-hybridized carbons (Fsp3) is 0.235. The van der Waals surface area contributed by atoms with E-state index in [-0.39, 0.29) is 11.7 Å². The number of carbonyl (C=O) groups is 1. The van der Waals surface area contributed by atoms with Crippen molar-refractivity contribution >= 4 is 5.78 Å². The SMILES string of the molecule is O=C(c1ccc(OCc2ccccc2)cc1)C1CC1. The summed E-state index contributed by atoms with van der Waals surface area (Å²) in [5, 5.41) is 0. The standard InChI is InChI=1S/C17H16O2/c18-17(14-6-7-14)15-8-10-16(11-9-15)19-12-13-4-2-1-3-5-13/h1-5,8-11,14H,6-7,12H2. The van der Waals surface area contributed by atoms with Crippen LogP contribution in [0.4, 0.5) is 0 Å². The second-order valence-electron chi connectivity index (χ2n) is 4.94. The van der Waals surface area contributed by atoms with Gasteiger partial charge in [-0.15, -0.1) is 0 Å². The Balaban J connectivity index is 1.61. The van der Waals surface area contributed by atoms with Crippen molar-refractivity contribution in [3.05, 3.63) is 65.7 Å². The lowest BCUT2D eigenvalue weighted by Gasteiger charge is -2.07. The van der Waals surface area contributed by atoms with Gasteiger partial charge in [0.05, 0.1) is 0 Å². The maximum absolute atomic E-state index is 11.9. The van der Waals surface area contributed by atoms with Crippen molar-refractivity contribution in [1.82, 2.24) is 0 Å². The van der Waals surface area contributed by atoms with E-state index in [1.165, 1.54) is 0 Å². The zero-order chi connectivity index (χ0) is 13.1. The zero-order valence-corrected chi connectivity index (χ0v) is 10.7. The summed E-state index contributed by atoms with van der Waals surface area (Å²) in [6, 6.07) is 17.5. The topological polar surface area (TPSA) is 26.3 Å². The largest absolute Gasteiger partial charge is 0.489 e. The molecule has 96 valence electrons. The average Bonchev–Trinajstić information content (AvgIpc) is 3.31. The molecule has 0 atom stereocenters. The molecule has 1 saturated carbocycles. The summed E-state index contributed by atoms with van der Waals surface area (Å²) >= 11 is 0. The van der Waals surface area contributed by atoms with Crippen molar-refractivity contribution in [1.29, 1.82) is 0 Å². The molecule has 2 aromatic carbocycles. The lowest BCUT2D eigenvalue weighted by atomic mass is 10.1. The van der Waals surface area contributed by atoms with Gasteiger partial charge in [0, 0.05) is 11.5 Å². The van der Waals surface area contributed by atoms with E-state index < -0.39 is 0 Å². The molecule has 0 amide bonds. The number of carbonyl (C=O) groups excluding carboxylic acids is 1. The van der Waals surface area contributed by atoms with E-state index in [0.29, 0.717) is 6.61 Å². The monoisotopic (exact) mass is 252 g/mol. The van der Waals surface area contributed by atoms with Gasteiger partial charge in [-0.05, 0) is 42.7 Å². The van der Waals surface area contributed by atoms with Crippen molar-refractivity contribution < 1.29 is 9.53 Å². The van der Waals surface area contributed by atoms with Crippen molar-refractivity contribution in [2.45, 2.75) is 19.4 Å².